The van der Waals surface area contributed by atoms with Gasteiger partial charge in [-0.05, 0) is 32.1 Å². The lowest BCUT2D eigenvalue weighted by atomic mass is 10.1. The summed E-state index contributed by atoms with van der Waals surface area (Å²) in [6.07, 6.45) is 22.8. The Bertz CT molecular complexity index is 266. The minimum absolute atomic E-state index is 0.355. The second-order valence-corrected chi connectivity index (χ2v) is 7.12. The number of aliphatic hydroxyl groups excluding tert-OH is 1. The largest absolute Gasteiger partial charge is 0.388 e. The highest BCUT2D eigenvalue weighted by Crippen LogP contribution is 2.10. The molecule has 0 saturated heterocycles. The summed E-state index contributed by atoms with van der Waals surface area (Å²) < 4.78 is 10.3. The average Bonchev–Trinajstić information content (AvgIpc) is 2.61. The Kier molecular flexibility index (Phi) is 21.3. The van der Waals surface area contributed by atoms with Crippen LogP contribution in [-0.2, 0) is 9.47 Å². The zero-order valence-corrected chi connectivity index (χ0v) is 17.0. The van der Waals surface area contributed by atoms with Gasteiger partial charge in [-0.1, -0.05) is 76.9 Å². The van der Waals surface area contributed by atoms with E-state index in [1.807, 2.05) is 0 Å². The molecule has 0 bridgehead atoms. The van der Waals surface area contributed by atoms with Crippen molar-refractivity contribution in [3.63, 3.8) is 0 Å². The first kappa shape index (κ1) is 24.6. The predicted molar refractivity (Wildman–Crippen MR) is 108 cm³/mol. The number of ether oxygens (including phenoxy) is 2. The van der Waals surface area contributed by atoms with Crippen LogP contribution in [0.15, 0.2) is 12.2 Å². The van der Waals surface area contributed by atoms with E-state index < -0.39 is 6.10 Å². The maximum atomic E-state index is 9.43. The monoisotopic (exact) mass is 356 g/mol. The molecule has 0 aromatic rings. The molecule has 1 N–H and O–H groups in total. The molecule has 0 aromatic carbocycles. The van der Waals surface area contributed by atoms with E-state index in [1.165, 1.54) is 83.5 Å². The van der Waals surface area contributed by atoms with Crippen LogP contribution >= 0.6 is 0 Å². The lowest BCUT2D eigenvalue weighted by Crippen LogP contribution is -2.21. The summed E-state index contributed by atoms with van der Waals surface area (Å²) in [5.74, 6) is 0. The standard InChI is InChI=1S/C22H44O3/c1-3-4-5-6-7-8-9-10-11-12-13-14-15-16-17-18-19-25-21-22(23)20-24-2/h9-10,22-23H,3-8,11-21H2,1-2H3/t22-/m0/s1. The summed E-state index contributed by atoms with van der Waals surface area (Å²) in [5, 5.41) is 9.43. The molecule has 1 atom stereocenters. The highest BCUT2D eigenvalue weighted by atomic mass is 16.5. The Balaban J connectivity index is 3.09. The summed E-state index contributed by atoms with van der Waals surface area (Å²) >= 11 is 0. The van der Waals surface area contributed by atoms with Crippen LogP contribution in [0.3, 0.4) is 0 Å². The molecule has 0 aliphatic heterocycles. The zero-order chi connectivity index (χ0) is 18.4. The zero-order valence-electron chi connectivity index (χ0n) is 17.0. The third-order valence-electron chi connectivity index (χ3n) is 4.47. The molecule has 150 valence electrons. The Morgan fingerprint density at radius 3 is 1.80 bits per heavy atom. The van der Waals surface area contributed by atoms with Gasteiger partial charge in [-0.2, -0.15) is 0 Å². The van der Waals surface area contributed by atoms with Crippen LogP contribution in [0.5, 0.6) is 0 Å². The quantitative estimate of drug-likeness (QED) is 0.213. The molecule has 0 fully saturated rings. The molecule has 0 aliphatic carbocycles. The molecule has 3 nitrogen and oxygen atoms in total. The molecular weight excluding hydrogens is 312 g/mol. The van der Waals surface area contributed by atoms with Crippen LogP contribution in [0.1, 0.15) is 96.8 Å². The molecule has 0 radical (unpaired) electrons. The van der Waals surface area contributed by atoms with Gasteiger partial charge in [0.05, 0.1) is 13.2 Å². The van der Waals surface area contributed by atoms with Crippen molar-refractivity contribution >= 4 is 0 Å². The minimum Gasteiger partial charge on any atom is -0.388 e. The Morgan fingerprint density at radius 1 is 0.720 bits per heavy atom. The van der Waals surface area contributed by atoms with E-state index in [1.54, 1.807) is 7.11 Å². The number of aliphatic hydroxyl groups is 1. The van der Waals surface area contributed by atoms with Crippen molar-refractivity contribution in [2.45, 2.75) is 103 Å². The Labute approximate surface area is 157 Å². The van der Waals surface area contributed by atoms with Crippen molar-refractivity contribution in [3.8, 4) is 0 Å². The first-order chi connectivity index (χ1) is 12.3. The predicted octanol–water partition coefficient (Wildman–Crippen LogP) is 6.05. The summed E-state index contributed by atoms with van der Waals surface area (Å²) in [7, 11) is 1.59. The number of rotatable bonds is 20. The van der Waals surface area contributed by atoms with E-state index in [0.717, 1.165) is 13.0 Å². The second kappa shape index (κ2) is 21.7. The van der Waals surface area contributed by atoms with Gasteiger partial charge in [0, 0.05) is 13.7 Å². The third kappa shape index (κ3) is 21.6. The second-order valence-electron chi connectivity index (χ2n) is 7.12. The van der Waals surface area contributed by atoms with Crippen LogP contribution in [-0.4, -0.2) is 38.1 Å². The molecule has 0 rings (SSSR count). The van der Waals surface area contributed by atoms with Gasteiger partial charge in [0.25, 0.3) is 0 Å². The highest BCUT2D eigenvalue weighted by molar-refractivity contribution is 4.81. The molecule has 25 heavy (non-hydrogen) atoms. The summed E-state index contributed by atoms with van der Waals surface area (Å²) in [4.78, 5) is 0. The number of unbranched alkanes of at least 4 members (excludes halogenated alkanes) is 12. The van der Waals surface area contributed by atoms with E-state index >= 15 is 0 Å². The maximum Gasteiger partial charge on any atom is 0.101 e. The molecule has 0 amide bonds. The summed E-state index contributed by atoms with van der Waals surface area (Å²) in [5.41, 5.74) is 0. The maximum absolute atomic E-state index is 9.43. The van der Waals surface area contributed by atoms with Crippen molar-refractivity contribution in [2.75, 3.05) is 26.9 Å². The van der Waals surface area contributed by atoms with Crippen LogP contribution in [0.4, 0.5) is 0 Å². The number of hydrogen-bond donors (Lipinski definition) is 1. The topological polar surface area (TPSA) is 38.7 Å². The number of hydrogen-bond acceptors (Lipinski definition) is 3. The first-order valence-electron chi connectivity index (χ1n) is 10.7. The fraction of sp³-hybridized carbons (Fsp3) is 0.909. The number of allylic oxidation sites excluding steroid dienone is 2. The van der Waals surface area contributed by atoms with Crippen LogP contribution in [0.2, 0.25) is 0 Å². The SMILES string of the molecule is CCCCCCCC=CCCCCCCCCCOC[C@@H](O)COC. The van der Waals surface area contributed by atoms with E-state index in [0.29, 0.717) is 13.2 Å². The summed E-state index contributed by atoms with van der Waals surface area (Å²) in [6, 6.07) is 0. The smallest absolute Gasteiger partial charge is 0.101 e. The third-order valence-corrected chi connectivity index (χ3v) is 4.47. The van der Waals surface area contributed by atoms with Gasteiger partial charge in [-0.3, -0.25) is 0 Å². The van der Waals surface area contributed by atoms with E-state index in [4.69, 9.17) is 9.47 Å². The fourth-order valence-electron chi connectivity index (χ4n) is 2.91. The minimum atomic E-state index is -0.486. The molecule has 0 heterocycles. The van der Waals surface area contributed by atoms with E-state index in [2.05, 4.69) is 19.1 Å². The Hall–Kier alpha value is -0.380. The lowest BCUT2D eigenvalue weighted by Gasteiger charge is -2.09. The van der Waals surface area contributed by atoms with Gasteiger partial charge in [0.15, 0.2) is 0 Å². The molecule has 3 heteroatoms. The Morgan fingerprint density at radius 2 is 1.24 bits per heavy atom. The van der Waals surface area contributed by atoms with Gasteiger partial charge in [0.1, 0.15) is 6.10 Å². The van der Waals surface area contributed by atoms with Crippen LogP contribution in [0.25, 0.3) is 0 Å². The first-order valence-corrected chi connectivity index (χ1v) is 10.7. The van der Waals surface area contributed by atoms with E-state index in [9.17, 15) is 5.11 Å². The van der Waals surface area contributed by atoms with Crippen molar-refractivity contribution in [3.05, 3.63) is 12.2 Å². The molecule has 0 unspecified atom stereocenters. The van der Waals surface area contributed by atoms with Gasteiger partial charge in [-0.25, -0.2) is 0 Å². The molecule has 0 aliphatic rings. The van der Waals surface area contributed by atoms with Crippen LogP contribution < -0.4 is 0 Å². The van der Waals surface area contributed by atoms with Crippen molar-refractivity contribution in [1.82, 2.24) is 0 Å². The number of methoxy groups -OCH3 is 1. The fourth-order valence-corrected chi connectivity index (χ4v) is 2.91. The van der Waals surface area contributed by atoms with Crippen LogP contribution in [0, 0.1) is 0 Å². The van der Waals surface area contributed by atoms with Gasteiger partial charge >= 0.3 is 0 Å². The van der Waals surface area contributed by atoms with Gasteiger partial charge in [-0.15, -0.1) is 0 Å². The molecule has 0 spiro atoms. The average molecular weight is 357 g/mol. The normalized spacial score (nSPS) is 12.9. The van der Waals surface area contributed by atoms with Crippen molar-refractivity contribution in [2.24, 2.45) is 0 Å². The molecule has 0 aromatic heterocycles. The van der Waals surface area contributed by atoms with Gasteiger partial charge < -0.3 is 14.6 Å². The van der Waals surface area contributed by atoms with Crippen molar-refractivity contribution in [1.29, 1.82) is 0 Å². The molecule has 0 saturated carbocycles. The molecular formula is C22H44O3. The highest BCUT2D eigenvalue weighted by Gasteiger charge is 2.02. The van der Waals surface area contributed by atoms with Gasteiger partial charge in [0.2, 0.25) is 0 Å². The lowest BCUT2D eigenvalue weighted by molar-refractivity contribution is -0.00684. The van der Waals surface area contributed by atoms with Crippen molar-refractivity contribution < 1.29 is 14.6 Å². The summed E-state index contributed by atoms with van der Waals surface area (Å²) in [6.45, 7) is 3.77. The van der Waals surface area contributed by atoms with E-state index in [-0.39, 0.29) is 0 Å².